The molecule has 3 aromatic carbocycles. The van der Waals surface area contributed by atoms with Crippen LogP contribution in [0.15, 0.2) is 66.9 Å². The van der Waals surface area contributed by atoms with Gasteiger partial charge in [0, 0.05) is 17.1 Å². The minimum Gasteiger partial charge on any atom is -0.256 e. The van der Waals surface area contributed by atoms with Crippen molar-refractivity contribution in [1.82, 2.24) is 4.98 Å². The van der Waals surface area contributed by atoms with Gasteiger partial charge in [-0.2, -0.15) is 0 Å². The molecule has 0 aliphatic carbocycles. The second kappa shape index (κ2) is 9.22. The summed E-state index contributed by atoms with van der Waals surface area (Å²) < 4.78 is 0. The molecule has 0 radical (unpaired) electrons. The van der Waals surface area contributed by atoms with Gasteiger partial charge in [-0.05, 0) is 53.1 Å². The van der Waals surface area contributed by atoms with Crippen LogP contribution in [0.2, 0.25) is 0 Å². The molecule has 0 amide bonds. The van der Waals surface area contributed by atoms with Crippen LogP contribution in [0.4, 0.5) is 0 Å². The maximum atomic E-state index is 4.78. The Balaban J connectivity index is 1.58. The first kappa shape index (κ1) is 19.6. The van der Waals surface area contributed by atoms with Crippen LogP contribution >= 0.6 is 0 Å². The van der Waals surface area contributed by atoms with Gasteiger partial charge in [-0.3, -0.25) is 4.98 Å². The summed E-state index contributed by atoms with van der Waals surface area (Å²) in [5.74, 6) is 0. The van der Waals surface area contributed by atoms with Gasteiger partial charge in [-0.15, -0.1) is 0 Å². The lowest BCUT2D eigenvalue weighted by Crippen LogP contribution is -1.93. The van der Waals surface area contributed by atoms with Crippen LogP contribution in [0.1, 0.15) is 56.6 Å². The number of aromatic nitrogens is 1. The summed E-state index contributed by atoms with van der Waals surface area (Å²) >= 11 is 0. The SMILES string of the molecule is CCCCCCCCc1ccc(-c2nccc3c2ccc2ccccc23)c(C)c1. The topological polar surface area (TPSA) is 12.9 Å². The van der Waals surface area contributed by atoms with E-state index in [9.17, 15) is 0 Å². The summed E-state index contributed by atoms with van der Waals surface area (Å²) in [6.45, 7) is 4.50. The van der Waals surface area contributed by atoms with Crippen molar-refractivity contribution < 1.29 is 0 Å². The second-order valence-electron chi connectivity index (χ2n) is 8.21. The molecule has 0 aliphatic heterocycles. The molecule has 1 nitrogen and oxygen atoms in total. The Bertz CT molecular complexity index is 1110. The molecule has 0 saturated heterocycles. The molecule has 1 aromatic heterocycles. The molecule has 0 N–H and O–H groups in total. The van der Waals surface area contributed by atoms with Crippen LogP contribution in [0.5, 0.6) is 0 Å². The molecule has 1 heterocycles. The van der Waals surface area contributed by atoms with Crippen LogP contribution in [0.3, 0.4) is 0 Å². The maximum absolute atomic E-state index is 4.78. The van der Waals surface area contributed by atoms with Gasteiger partial charge >= 0.3 is 0 Å². The van der Waals surface area contributed by atoms with Gasteiger partial charge in [-0.1, -0.05) is 93.6 Å². The second-order valence-corrected chi connectivity index (χ2v) is 8.21. The number of nitrogens with zero attached hydrogens (tertiary/aromatic N) is 1. The van der Waals surface area contributed by atoms with E-state index in [1.165, 1.54) is 83.2 Å². The quantitative estimate of drug-likeness (QED) is 0.221. The third kappa shape index (κ3) is 4.34. The Morgan fingerprint density at radius 3 is 2.41 bits per heavy atom. The highest BCUT2D eigenvalue weighted by Gasteiger charge is 2.10. The average Bonchev–Trinajstić information content (AvgIpc) is 2.76. The molecule has 148 valence electrons. The monoisotopic (exact) mass is 381 g/mol. The zero-order valence-corrected chi connectivity index (χ0v) is 17.7. The Hall–Kier alpha value is -2.67. The van der Waals surface area contributed by atoms with E-state index < -0.39 is 0 Å². The average molecular weight is 382 g/mol. The van der Waals surface area contributed by atoms with E-state index >= 15 is 0 Å². The first-order valence-corrected chi connectivity index (χ1v) is 11.1. The molecule has 29 heavy (non-hydrogen) atoms. The molecule has 0 fully saturated rings. The summed E-state index contributed by atoms with van der Waals surface area (Å²) in [6.07, 6.45) is 11.2. The van der Waals surface area contributed by atoms with Crippen molar-refractivity contribution in [1.29, 1.82) is 0 Å². The van der Waals surface area contributed by atoms with Gasteiger partial charge in [0.1, 0.15) is 0 Å². The van der Waals surface area contributed by atoms with Crippen LogP contribution in [-0.4, -0.2) is 4.98 Å². The Morgan fingerprint density at radius 2 is 1.55 bits per heavy atom. The summed E-state index contributed by atoms with van der Waals surface area (Å²) in [6, 6.07) is 22.1. The maximum Gasteiger partial charge on any atom is 0.0783 e. The number of hydrogen-bond donors (Lipinski definition) is 0. The lowest BCUT2D eigenvalue weighted by Gasteiger charge is -2.12. The first-order valence-electron chi connectivity index (χ1n) is 11.1. The van der Waals surface area contributed by atoms with E-state index in [0.717, 1.165) is 5.69 Å². The van der Waals surface area contributed by atoms with Crippen molar-refractivity contribution in [2.24, 2.45) is 0 Å². The van der Waals surface area contributed by atoms with E-state index in [2.05, 4.69) is 74.5 Å². The summed E-state index contributed by atoms with van der Waals surface area (Å²) in [5, 5.41) is 5.09. The molecule has 0 saturated carbocycles. The normalized spacial score (nSPS) is 11.4. The predicted octanol–water partition coefficient (Wildman–Crippen LogP) is 8.27. The van der Waals surface area contributed by atoms with Gasteiger partial charge in [0.2, 0.25) is 0 Å². The van der Waals surface area contributed by atoms with Crippen molar-refractivity contribution in [3.8, 4) is 11.3 Å². The molecule has 4 rings (SSSR count). The number of rotatable bonds is 8. The third-order valence-electron chi connectivity index (χ3n) is 6.04. The largest absolute Gasteiger partial charge is 0.256 e. The lowest BCUT2D eigenvalue weighted by molar-refractivity contribution is 0.607. The fourth-order valence-corrected chi connectivity index (χ4v) is 4.41. The Labute approximate surface area is 174 Å². The Kier molecular flexibility index (Phi) is 6.24. The summed E-state index contributed by atoms with van der Waals surface area (Å²) in [5.41, 5.74) is 5.11. The number of unbranched alkanes of at least 4 members (excludes halogenated alkanes) is 5. The highest BCUT2D eigenvalue weighted by atomic mass is 14.7. The van der Waals surface area contributed by atoms with Gasteiger partial charge in [-0.25, -0.2) is 0 Å². The van der Waals surface area contributed by atoms with E-state index in [1.807, 2.05) is 6.20 Å². The van der Waals surface area contributed by atoms with Crippen molar-refractivity contribution in [3.63, 3.8) is 0 Å². The molecular weight excluding hydrogens is 350 g/mol. The molecule has 0 spiro atoms. The molecule has 0 bridgehead atoms. The number of aryl methyl sites for hydroxylation is 2. The minimum atomic E-state index is 1.09. The number of pyridine rings is 1. The molecule has 1 heteroatoms. The standard InChI is InChI=1S/C28H31N/c1-3-4-5-6-7-8-11-22-14-16-24(21(2)20-22)28-27-17-15-23-12-9-10-13-25(23)26(27)18-19-29-28/h9-10,12-20H,3-8,11H2,1-2H3. The lowest BCUT2D eigenvalue weighted by atomic mass is 9.95. The predicted molar refractivity (Wildman–Crippen MR) is 127 cm³/mol. The number of fused-ring (bicyclic) bond motifs is 3. The summed E-state index contributed by atoms with van der Waals surface area (Å²) in [4.78, 5) is 4.78. The first-order chi connectivity index (χ1) is 14.3. The van der Waals surface area contributed by atoms with Gasteiger partial charge in [0.05, 0.1) is 5.69 Å². The number of benzene rings is 3. The number of hydrogen-bond acceptors (Lipinski definition) is 1. The molecule has 0 unspecified atom stereocenters. The molecular formula is C28H31N. The Morgan fingerprint density at radius 1 is 0.724 bits per heavy atom. The van der Waals surface area contributed by atoms with Crippen LogP contribution in [0.25, 0.3) is 32.8 Å². The van der Waals surface area contributed by atoms with Crippen molar-refractivity contribution >= 4 is 21.5 Å². The van der Waals surface area contributed by atoms with E-state index in [1.54, 1.807) is 0 Å². The van der Waals surface area contributed by atoms with Crippen LogP contribution in [0, 0.1) is 6.92 Å². The van der Waals surface area contributed by atoms with Crippen molar-refractivity contribution in [2.75, 3.05) is 0 Å². The minimum absolute atomic E-state index is 1.09. The molecule has 0 aliphatic rings. The van der Waals surface area contributed by atoms with Gasteiger partial charge in [0.15, 0.2) is 0 Å². The summed E-state index contributed by atoms with van der Waals surface area (Å²) in [7, 11) is 0. The van der Waals surface area contributed by atoms with Crippen molar-refractivity contribution in [3.05, 3.63) is 78.0 Å². The van der Waals surface area contributed by atoms with Gasteiger partial charge in [0.25, 0.3) is 0 Å². The fraction of sp³-hybridized carbons (Fsp3) is 0.321. The van der Waals surface area contributed by atoms with Crippen LogP contribution in [-0.2, 0) is 6.42 Å². The molecule has 4 aromatic rings. The van der Waals surface area contributed by atoms with E-state index in [-0.39, 0.29) is 0 Å². The zero-order chi connectivity index (χ0) is 20.1. The van der Waals surface area contributed by atoms with Gasteiger partial charge < -0.3 is 0 Å². The van der Waals surface area contributed by atoms with Crippen LogP contribution < -0.4 is 0 Å². The van der Waals surface area contributed by atoms with E-state index in [0.29, 0.717) is 0 Å². The molecule has 0 atom stereocenters. The fourth-order valence-electron chi connectivity index (χ4n) is 4.41. The zero-order valence-electron chi connectivity index (χ0n) is 17.7. The highest BCUT2D eigenvalue weighted by Crippen LogP contribution is 2.33. The van der Waals surface area contributed by atoms with Crippen molar-refractivity contribution in [2.45, 2.75) is 58.8 Å². The third-order valence-corrected chi connectivity index (χ3v) is 6.04. The smallest absolute Gasteiger partial charge is 0.0783 e. The highest BCUT2D eigenvalue weighted by molar-refractivity contribution is 6.11. The van der Waals surface area contributed by atoms with E-state index in [4.69, 9.17) is 4.98 Å².